The molecule has 3 heteroatoms. The van der Waals surface area contributed by atoms with E-state index >= 15 is 0 Å². The van der Waals surface area contributed by atoms with Crippen molar-refractivity contribution in [2.45, 2.75) is 58.8 Å². The van der Waals surface area contributed by atoms with Crippen molar-refractivity contribution in [1.82, 2.24) is 4.98 Å². The molecule has 1 heterocycles. The second-order valence-corrected chi connectivity index (χ2v) is 6.07. The molecule has 1 N–H and O–H groups in total. The Labute approximate surface area is 122 Å². The van der Waals surface area contributed by atoms with Crippen LogP contribution in [0.4, 0.5) is 5.82 Å². The first kappa shape index (κ1) is 15.0. The summed E-state index contributed by atoms with van der Waals surface area (Å²) in [4.78, 5) is 16.4. The zero-order valence-electron chi connectivity index (χ0n) is 12.7. The van der Waals surface area contributed by atoms with E-state index in [0.717, 1.165) is 24.3 Å². The molecule has 3 nitrogen and oxygen atoms in total. The fraction of sp³-hybridized carbons (Fsp3) is 0.647. The van der Waals surface area contributed by atoms with E-state index in [-0.39, 0.29) is 11.8 Å². The minimum absolute atomic E-state index is 0.150. The van der Waals surface area contributed by atoms with E-state index < -0.39 is 0 Å². The number of amides is 1. The van der Waals surface area contributed by atoms with E-state index in [1.54, 1.807) is 6.20 Å². The van der Waals surface area contributed by atoms with E-state index in [9.17, 15) is 4.79 Å². The number of pyridine rings is 1. The van der Waals surface area contributed by atoms with Crippen LogP contribution in [0.25, 0.3) is 0 Å². The number of nitrogens with one attached hydrogen (secondary N) is 1. The molecule has 1 aliphatic carbocycles. The standard InChI is InChI=1S/C17H26N2O/c1-3-4-5-14-6-8-15(9-7-14)17(20)19-16-12-13(2)10-11-18-16/h10-12,14-15H,3-9H2,1-2H3,(H,18,19,20). The van der Waals surface area contributed by atoms with Crippen LogP contribution in [0.5, 0.6) is 0 Å². The van der Waals surface area contributed by atoms with Crippen LogP contribution in [-0.4, -0.2) is 10.9 Å². The van der Waals surface area contributed by atoms with E-state index in [2.05, 4.69) is 17.2 Å². The third-order valence-electron chi connectivity index (χ3n) is 4.35. The van der Waals surface area contributed by atoms with Crippen molar-refractivity contribution >= 4 is 11.7 Å². The minimum Gasteiger partial charge on any atom is -0.310 e. The molecule has 1 aromatic rings. The van der Waals surface area contributed by atoms with Gasteiger partial charge in [0.25, 0.3) is 0 Å². The van der Waals surface area contributed by atoms with Gasteiger partial charge in [-0.05, 0) is 56.2 Å². The number of hydrogen-bond acceptors (Lipinski definition) is 2. The second-order valence-electron chi connectivity index (χ2n) is 6.07. The lowest BCUT2D eigenvalue weighted by Gasteiger charge is -2.27. The van der Waals surface area contributed by atoms with Crippen LogP contribution >= 0.6 is 0 Å². The first-order chi connectivity index (χ1) is 9.69. The van der Waals surface area contributed by atoms with E-state index in [4.69, 9.17) is 0 Å². The Morgan fingerprint density at radius 1 is 1.35 bits per heavy atom. The third kappa shape index (κ3) is 4.32. The van der Waals surface area contributed by atoms with Crippen LogP contribution < -0.4 is 5.32 Å². The average molecular weight is 274 g/mol. The van der Waals surface area contributed by atoms with E-state index in [1.807, 2.05) is 19.1 Å². The van der Waals surface area contributed by atoms with Gasteiger partial charge in [-0.15, -0.1) is 0 Å². The Kier molecular flexibility index (Phi) is 5.57. The van der Waals surface area contributed by atoms with Gasteiger partial charge in [0.05, 0.1) is 0 Å². The van der Waals surface area contributed by atoms with Gasteiger partial charge in [0, 0.05) is 12.1 Å². The summed E-state index contributed by atoms with van der Waals surface area (Å²) in [6, 6.07) is 3.86. The van der Waals surface area contributed by atoms with Gasteiger partial charge in [-0.2, -0.15) is 0 Å². The Balaban J connectivity index is 1.80. The topological polar surface area (TPSA) is 42.0 Å². The first-order valence-corrected chi connectivity index (χ1v) is 7.92. The Morgan fingerprint density at radius 2 is 2.10 bits per heavy atom. The molecule has 0 atom stereocenters. The van der Waals surface area contributed by atoms with E-state index in [0.29, 0.717) is 5.82 Å². The zero-order chi connectivity index (χ0) is 14.4. The molecule has 1 fully saturated rings. The van der Waals surface area contributed by atoms with Crippen LogP contribution in [0.1, 0.15) is 57.4 Å². The van der Waals surface area contributed by atoms with Gasteiger partial charge in [0.1, 0.15) is 5.82 Å². The molecule has 0 saturated heterocycles. The highest BCUT2D eigenvalue weighted by Gasteiger charge is 2.26. The average Bonchev–Trinajstić information content (AvgIpc) is 2.45. The summed E-state index contributed by atoms with van der Waals surface area (Å²) in [7, 11) is 0. The molecule has 1 amide bonds. The molecule has 110 valence electrons. The molecular weight excluding hydrogens is 248 g/mol. The molecule has 0 radical (unpaired) electrons. The quantitative estimate of drug-likeness (QED) is 0.868. The number of carbonyl (C=O) groups excluding carboxylic acids is 1. The molecule has 2 rings (SSSR count). The smallest absolute Gasteiger partial charge is 0.228 e. The minimum atomic E-state index is 0.150. The summed E-state index contributed by atoms with van der Waals surface area (Å²) in [5.41, 5.74) is 1.12. The number of hydrogen-bond donors (Lipinski definition) is 1. The number of carbonyl (C=O) groups is 1. The van der Waals surface area contributed by atoms with Crippen molar-refractivity contribution in [3.63, 3.8) is 0 Å². The highest BCUT2D eigenvalue weighted by molar-refractivity contribution is 5.91. The zero-order valence-corrected chi connectivity index (χ0v) is 12.7. The summed E-state index contributed by atoms with van der Waals surface area (Å²) in [5.74, 6) is 1.85. The third-order valence-corrected chi connectivity index (χ3v) is 4.35. The number of unbranched alkanes of at least 4 members (excludes halogenated alkanes) is 1. The lowest BCUT2D eigenvalue weighted by Crippen LogP contribution is -2.27. The monoisotopic (exact) mass is 274 g/mol. The fourth-order valence-electron chi connectivity index (χ4n) is 3.04. The van der Waals surface area contributed by atoms with Gasteiger partial charge < -0.3 is 5.32 Å². The van der Waals surface area contributed by atoms with Crippen LogP contribution in [0.3, 0.4) is 0 Å². The largest absolute Gasteiger partial charge is 0.310 e. The SMILES string of the molecule is CCCCC1CCC(C(=O)Nc2cc(C)ccn2)CC1. The van der Waals surface area contributed by atoms with Crippen LogP contribution in [0, 0.1) is 18.8 Å². The number of nitrogens with zero attached hydrogens (tertiary/aromatic N) is 1. The van der Waals surface area contributed by atoms with Gasteiger partial charge in [-0.3, -0.25) is 4.79 Å². The highest BCUT2D eigenvalue weighted by atomic mass is 16.1. The summed E-state index contributed by atoms with van der Waals surface area (Å²) in [6.07, 6.45) is 10.2. The molecule has 0 spiro atoms. The van der Waals surface area contributed by atoms with Crippen molar-refractivity contribution in [3.05, 3.63) is 23.9 Å². The summed E-state index contributed by atoms with van der Waals surface area (Å²) in [6.45, 7) is 4.25. The van der Waals surface area contributed by atoms with Crippen molar-refractivity contribution < 1.29 is 4.79 Å². The maximum absolute atomic E-state index is 12.2. The maximum atomic E-state index is 12.2. The first-order valence-electron chi connectivity index (χ1n) is 7.92. The van der Waals surface area contributed by atoms with Gasteiger partial charge in [-0.25, -0.2) is 4.98 Å². The van der Waals surface area contributed by atoms with Gasteiger partial charge >= 0.3 is 0 Å². The molecule has 0 bridgehead atoms. The van der Waals surface area contributed by atoms with Crippen molar-refractivity contribution in [2.75, 3.05) is 5.32 Å². The Bertz CT molecular complexity index is 436. The number of rotatable bonds is 5. The fourth-order valence-corrected chi connectivity index (χ4v) is 3.04. The predicted octanol–water partition coefficient (Wildman–Crippen LogP) is 4.33. The Morgan fingerprint density at radius 3 is 2.75 bits per heavy atom. The maximum Gasteiger partial charge on any atom is 0.228 e. The summed E-state index contributed by atoms with van der Waals surface area (Å²) < 4.78 is 0. The summed E-state index contributed by atoms with van der Waals surface area (Å²) in [5, 5.41) is 2.96. The number of anilines is 1. The van der Waals surface area contributed by atoms with Gasteiger partial charge in [0.2, 0.25) is 5.91 Å². The molecular formula is C17H26N2O. The lowest BCUT2D eigenvalue weighted by molar-refractivity contribution is -0.121. The second kappa shape index (κ2) is 7.41. The Hall–Kier alpha value is -1.38. The molecule has 0 aliphatic heterocycles. The van der Waals surface area contributed by atoms with Gasteiger partial charge in [-0.1, -0.05) is 26.2 Å². The molecule has 0 aromatic carbocycles. The van der Waals surface area contributed by atoms with Crippen LogP contribution in [0.2, 0.25) is 0 Å². The normalized spacial score (nSPS) is 22.5. The van der Waals surface area contributed by atoms with Crippen LogP contribution in [-0.2, 0) is 4.79 Å². The van der Waals surface area contributed by atoms with Crippen LogP contribution in [0.15, 0.2) is 18.3 Å². The molecule has 0 unspecified atom stereocenters. The van der Waals surface area contributed by atoms with Gasteiger partial charge in [0.15, 0.2) is 0 Å². The van der Waals surface area contributed by atoms with E-state index in [1.165, 1.54) is 32.1 Å². The van der Waals surface area contributed by atoms with Crippen molar-refractivity contribution in [3.8, 4) is 0 Å². The highest BCUT2D eigenvalue weighted by Crippen LogP contribution is 2.32. The molecule has 20 heavy (non-hydrogen) atoms. The summed E-state index contributed by atoms with van der Waals surface area (Å²) >= 11 is 0. The molecule has 1 saturated carbocycles. The number of aryl methyl sites for hydroxylation is 1. The lowest BCUT2D eigenvalue weighted by atomic mass is 9.79. The number of aromatic nitrogens is 1. The predicted molar refractivity (Wildman–Crippen MR) is 82.6 cm³/mol. The van der Waals surface area contributed by atoms with Crippen molar-refractivity contribution in [1.29, 1.82) is 0 Å². The molecule has 1 aromatic heterocycles. The van der Waals surface area contributed by atoms with Crippen molar-refractivity contribution in [2.24, 2.45) is 11.8 Å². The molecule has 1 aliphatic rings.